The molecule has 23 heavy (non-hydrogen) atoms. The molecule has 0 radical (unpaired) electrons. The summed E-state index contributed by atoms with van der Waals surface area (Å²) in [6.07, 6.45) is -0.731. The van der Waals surface area contributed by atoms with Crippen LogP contribution in [0.4, 0.5) is 0 Å². The Bertz CT molecular complexity index is 989. The van der Waals surface area contributed by atoms with Crippen molar-refractivity contribution in [2.24, 2.45) is 0 Å². The van der Waals surface area contributed by atoms with Crippen molar-refractivity contribution in [3.05, 3.63) is 89.6 Å². The van der Waals surface area contributed by atoms with Gasteiger partial charge in [0.1, 0.15) is 6.10 Å². The van der Waals surface area contributed by atoms with Crippen LogP contribution >= 0.6 is 0 Å². The molecule has 4 aromatic rings. The van der Waals surface area contributed by atoms with Crippen LogP contribution in [0.2, 0.25) is 0 Å². The average molecular weight is 299 g/mol. The first-order chi connectivity index (χ1) is 11.2. The molecule has 0 saturated heterocycles. The molecule has 0 aliphatic rings. The Balaban J connectivity index is 1.99. The van der Waals surface area contributed by atoms with Crippen LogP contribution < -0.4 is 0 Å². The van der Waals surface area contributed by atoms with Crippen molar-refractivity contribution in [2.75, 3.05) is 0 Å². The number of aryl methyl sites for hydroxylation is 1. The van der Waals surface area contributed by atoms with Gasteiger partial charge < -0.3 is 5.11 Å². The van der Waals surface area contributed by atoms with Gasteiger partial charge in [-0.3, -0.25) is 0 Å². The number of benzene rings is 3. The summed E-state index contributed by atoms with van der Waals surface area (Å²) >= 11 is 0. The Hall–Kier alpha value is -2.71. The smallest absolute Gasteiger partial charge is 0.122 e. The Morgan fingerprint density at radius 3 is 2.09 bits per heavy atom. The fourth-order valence-electron chi connectivity index (χ4n) is 3.05. The van der Waals surface area contributed by atoms with Crippen LogP contribution in [0.5, 0.6) is 0 Å². The number of nitrogens with zero attached hydrogens (tertiary/aromatic N) is 1. The highest BCUT2D eigenvalue weighted by atomic mass is 16.3. The van der Waals surface area contributed by atoms with E-state index in [-0.39, 0.29) is 0 Å². The van der Waals surface area contributed by atoms with Gasteiger partial charge in [-0.05, 0) is 23.9 Å². The first-order valence-corrected chi connectivity index (χ1v) is 7.76. The van der Waals surface area contributed by atoms with Crippen LogP contribution in [0, 0.1) is 6.92 Å². The van der Waals surface area contributed by atoms with E-state index in [0.29, 0.717) is 5.69 Å². The number of pyridine rings is 1. The molecule has 0 spiro atoms. The summed E-state index contributed by atoms with van der Waals surface area (Å²) in [6, 6.07) is 24.2. The van der Waals surface area contributed by atoms with Gasteiger partial charge in [0.25, 0.3) is 0 Å². The minimum Gasteiger partial charge on any atom is -0.382 e. The minimum atomic E-state index is -0.731. The molecule has 1 N–H and O–H groups in total. The van der Waals surface area contributed by atoms with Crippen molar-refractivity contribution >= 4 is 21.7 Å². The fraction of sp³-hybridized carbons (Fsp3) is 0.0952. The van der Waals surface area contributed by atoms with Crippen molar-refractivity contribution in [1.29, 1.82) is 0 Å². The lowest BCUT2D eigenvalue weighted by Crippen LogP contribution is -2.04. The van der Waals surface area contributed by atoms with Crippen molar-refractivity contribution in [3.8, 4) is 0 Å². The van der Waals surface area contributed by atoms with Crippen molar-refractivity contribution < 1.29 is 5.11 Å². The number of hydrogen-bond donors (Lipinski definition) is 1. The second-order valence-corrected chi connectivity index (χ2v) is 5.87. The van der Waals surface area contributed by atoms with Gasteiger partial charge in [0.05, 0.1) is 11.2 Å². The molecule has 3 aromatic carbocycles. The maximum atomic E-state index is 10.9. The summed E-state index contributed by atoms with van der Waals surface area (Å²) in [5, 5.41) is 14.1. The van der Waals surface area contributed by atoms with Gasteiger partial charge in [0.15, 0.2) is 0 Å². The molecule has 0 bridgehead atoms. The van der Waals surface area contributed by atoms with Crippen LogP contribution in [0.3, 0.4) is 0 Å². The van der Waals surface area contributed by atoms with E-state index in [4.69, 9.17) is 4.98 Å². The van der Waals surface area contributed by atoms with Gasteiger partial charge in [-0.15, -0.1) is 0 Å². The molecule has 112 valence electrons. The second-order valence-electron chi connectivity index (χ2n) is 5.87. The fourth-order valence-corrected chi connectivity index (χ4v) is 3.05. The Morgan fingerprint density at radius 2 is 1.35 bits per heavy atom. The van der Waals surface area contributed by atoms with E-state index in [1.54, 1.807) is 0 Å². The van der Waals surface area contributed by atoms with E-state index in [9.17, 15) is 5.11 Å². The summed E-state index contributed by atoms with van der Waals surface area (Å²) in [5.74, 6) is 0. The number of para-hydroxylation sites is 1. The van der Waals surface area contributed by atoms with Crippen molar-refractivity contribution in [3.63, 3.8) is 0 Å². The molecule has 1 aromatic heterocycles. The number of fused-ring (bicyclic) bond motifs is 3. The Labute approximate surface area is 135 Å². The van der Waals surface area contributed by atoms with Crippen LogP contribution in [0.15, 0.2) is 72.8 Å². The Morgan fingerprint density at radius 1 is 0.739 bits per heavy atom. The number of aliphatic hydroxyl groups excluding tert-OH is 1. The molecule has 1 heterocycles. The molecule has 4 rings (SSSR count). The quantitative estimate of drug-likeness (QED) is 0.540. The molecule has 0 amide bonds. The summed E-state index contributed by atoms with van der Waals surface area (Å²) in [4.78, 5) is 4.75. The summed E-state index contributed by atoms with van der Waals surface area (Å²) in [5.41, 5.74) is 3.66. The second kappa shape index (κ2) is 5.49. The number of aliphatic hydroxyl groups is 1. The zero-order valence-electron chi connectivity index (χ0n) is 12.9. The lowest BCUT2D eigenvalue weighted by atomic mass is 9.98. The maximum Gasteiger partial charge on any atom is 0.122 e. The number of rotatable bonds is 2. The maximum absolute atomic E-state index is 10.9. The van der Waals surface area contributed by atoms with Crippen LogP contribution in [-0.2, 0) is 0 Å². The first-order valence-electron chi connectivity index (χ1n) is 7.76. The molecule has 0 unspecified atom stereocenters. The van der Waals surface area contributed by atoms with Gasteiger partial charge in [0.2, 0.25) is 0 Å². The van der Waals surface area contributed by atoms with Gasteiger partial charge in [-0.1, -0.05) is 72.3 Å². The van der Waals surface area contributed by atoms with E-state index < -0.39 is 6.10 Å². The number of aromatic nitrogens is 1. The van der Waals surface area contributed by atoms with E-state index in [0.717, 1.165) is 27.2 Å². The predicted molar refractivity (Wildman–Crippen MR) is 94.5 cm³/mol. The minimum absolute atomic E-state index is 0.711. The van der Waals surface area contributed by atoms with E-state index in [1.807, 2.05) is 67.6 Å². The first kappa shape index (κ1) is 13.9. The topological polar surface area (TPSA) is 33.1 Å². The molecule has 0 fully saturated rings. The summed E-state index contributed by atoms with van der Waals surface area (Å²) < 4.78 is 0. The van der Waals surface area contributed by atoms with E-state index in [2.05, 4.69) is 12.1 Å². The van der Waals surface area contributed by atoms with Crippen LogP contribution in [0.25, 0.3) is 21.7 Å². The largest absolute Gasteiger partial charge is 0.382 e. The molecular weight excluding hydrogens is 282 g/mol. The van der Waals surface area contributed by atoms with Gasteiger partial charge in [0, 0.05) is 10.8 Å². The molecule has 2 nitrogen and oxygen atoms in total. The number of hydrogen-bond acceptors (Lipinski definition) is 2. The molecule has 0 aliphatic heterocycles. The standard InChI is InChI=1S/C21H17NO/c1-14-10-12-15(13-11-14)21(23)20-18-8-3-2-6-16(18)17-7-4-5-9-19(17)22-20/h2-13,21,23H,1H3/t21-/m1/s1. The summed E-state index contributed by atoms with van der Waals surface area (Å²) in [7, 11) is 0. The van der Waals surface area contributed by atoms with E-state index >= 15 is 0 Å². The average Bonchev–Trinajstić information content (AvgIpc) is 2.61. The lowest BCUT2D eigenvalue weighted by Gasteiger charge is -2.15. The predicted octanol–water partition coefficient (Wildman–Crippen LogP) is 4.78. The molecule has 0 saturated carbocycles. The van der Waals surface area contributed by atoms with Crippen LogP contribution in [0.1, 0.15) is 22.9 Å². The van der Waals surface area contributed by atoms with Crippen molar-refractivity contribution in [2.45, 2.75) is 13.0 Å². The SMILES string of the molecule is Cc1ccc([C@@H](O)c2nc3ccccc3c3ccccc23)cc1. The normalized spacial score (nSPS) is 12.6. The molecule has 2 heteroatoms. The zero-order chi connectivity index (χ0) is 15.8. The van der Waals surface area contributed by atoms with Crippen LogP contribution in [-0.4, -0.2) is 10.1 Å². The molecular formula is C21H17NO. The van der Waals surface area contributed by atoms with Gasteiger partial charge in [-0.2, -0.15) is 0 Å². The highest BCUT2D eigenvalue weighted by molar-refractivity contribution is 6.06. The van der Waals surface area contributed by atoms with Crippen molar-refractivity contribution in [1.82, 2.24) is 4.98 Å². The lowest BCUT2D eigenvalue weighted by molar-refractivity contribution is 0.217. The monoisotopic (exact) mass is 299 g/mol. The third kappa shape index (κ3) is 2.37. The van der Waals surface area contributed by atoms with Gasteiger partial charge in [-0.25, -0.2) is 4.98 Å². The highest BCUT2D eigenvalue weighted by Gasteiger charge is 2.17. The zero-order valence-corrected chi connectivity index (χ0v) is 12.9. The highest BCUT2D eigenvalue weighted by Crippen LogP contribution is 2.32. The summed E-state index contributed by atoms with van der Waals surface area (Å²) in [6.45, 7) is 2.04. The third-order valence-corrected chi connectivity index (χ3v) is 4.29. The van der Waals surface area contributed by atoms with E-state index in [1.165, 1.54) is 5.56 Å². The van der Waals surface area contributed by atoms with Gasteiger partial charge >= 0.3 is 0 Å². The molecule has 0 aliphatic carbocycles. The Kier molecular flexibility index (Phi) is 3.32. The third-order valence-electron chi connectivity index (χ3n) is 4.29. The molecule has 1 atom stereocenters.